The van der Waals surface area contributed by atoms with E-state index in [1.807, 2.05) is 0 Å². The van der Waals surface area contributed by atoms with Crippen LogP contribution in [0.25, 0.3) is 0 Å². The molecule has 0 radical (unpaired) electrons. The molecule has 2 atom stereocenters. The molecule has 4 N–H and O–H groups in total. The molecule has 0 aliphatic carbocycles. The summed E-state index contributed by atoms with van der Waals surface area (Å²) >= 11 is 0. The summed E-state index contributed by atoms with van der Waals surface area (Å²) in [5, 5.41) is 11.8. The van der Waals surface area contributed by atoms with Crippen molar-refractivity contribution < 1.29 is 14.6 Å². The van der Waals surface area contributed by atoms with Crippen LogP contribution in [0.5, 0.6) is 0 Å². The van der Waals surface area contributed by atoms with Crippen LogP contribution in [0.1, 0.15) is 13.8 Å². The summed E-state index contributed by atoms with van der Waals surface area (Å²) in [7, 11) is 0. The van der Waals surface area contributed by atoms with Gasteiger partial charge in [0.05, 0.1) is 12.7 Å². The average Bonchev–Trinajstić information content (AvgIpc) is 2.05. The predicted molar refractivity (Wildman–Crippen MR) is 49.2 cm³/mol. The zero-order valence-corrected chi connectivity index (χ0v) is 8.12. The molecule has 0 heterocycles. The Bertz CT molecular complexity index is 150. The molecule has 0 saturated carbocycles. The summed E-state index contributed by atoms with van der Waals surface area (Å²) in [5.41, 5.74) is 5.35. The molecular formula is C8H18N2O3. The molecule has 0 rings (SSSR count). The largest absolute Gasteiger partial charge is 0.465 e. The Morgan fingerprint density at radius 3 is 2.69 bits per heavy atom. The van der Waals surface area contributed by atoms with Gasteiger partial charge in [-0.2, -0.15) is 0 Å². The third-order valence-electron chi connectivity index (χ3n) is 1.47. The number of hydrogen-bond donors (Lipinski definition) is 3. The molecule has 0 aromatic heterocycles. The van der Waals surface area contributed by atoms with Crippen LogP contribution < -0.4 is 11.1 Å². The third kappa shape index (κ3) is 5.57. The predicted octanol–water partition coefficient (Wildman–Crippen LogP) is -1.15. The summed E-state index contributed by atoms with van der Waals surface area (Å²) in [4.78, 5) is 11.1. The molecule has 13 heavy (non-hydrogen) atoms. The van der Waals surface area contributed by atoms with Crippen LogP contribution >= 0.6 is 0 Å². The van der Waals surface area contributed by atoms with Gasteiger partial charge in [0.25, 0.3) is 0 Å². The molecule has 0 fully saturated rings. The van der Waals surface area contributed by atoms with E-state index in [0.717, 1.165) is 0 Å². The van der Waals surface area contributed by atoms with Crippen molar-refractivity contribution in [2.45, 2.75) is 26.0 Å². The number of aliphatic hydroxyl groups excluding tert-OH is 1. The van der Waals surface area contributed by atoms with Gasteiger partial charge < -0.3 is 20.9 Å². The number of ether oxygens (including phenoxy) is 1. The minimum Gasteiger partial charge on any atom is -0.465 e. The van der Waals surface area contributed by atoms with Gasteiger partial charge in [0.2, 0.25) is 0 Å². The van der Waals surface area contributed by atoms with E-state index < -0.39 is 12.1 Å². The van der Waals surface area contributed by atoms with Crippen molar-refractivity contribution in [3.8, 4) is 0 Å². The van der Waals surface area contributed by atoms with Gasteiger partial charge in [-0.15, -0.1) is 0 Å². The van der Waals surface area contributed by atoms with E-state index in [0.29, 0.717) is 13.2 Å². The van der Waals surface area contributed by atoms with Crippen LogP contribution in [0, 0.1) is 0 Å². The molecule has 0 amide bonds. The Hall–Kier alpha value is -0.650. The lowest BCUT2D eigenvalue weighted by Crippen LogP contribution is -2.46. The van der Waals surface area contributed by atoms with Gasteiger partial charge in [-0.3, -0.25) is 4.79 Å². The van der Waals surface area contributed by atoms with Crippen LogP contribution in [-0.4, -0.2) is 42.9 Å². The first-order valence-corrected chi connectivity index (χ1v) is 4.40. The van der Waals surface area contributed by atoms with E-state index >= 15 is 0 Å². The Labute approximate surface area is 78.3 Å². The number of aliphatic hydroxyl groups is 1. The molecule has 0 aliphatic rings. The van der Waals surface area contributed by atoms with Gasteiger partial charge in [-0.25, -0.2) is 0 Å². The smallest absolute Gasteiger partial charge is 0.324 e. The second-order valence-corrected chi connectivity index (χ2v) is 2.80. The molecule has 0 spiro atoms. The van der Waals surface area contributed by atoms with Crippen LogP contribution in [0.3, 0.4) is 0 Å². The molecule has 0 aliphatic heterocycles. The van der Waals surface area contributed by atoms with E-state index in [4.69, 9.17) is 15.6 Å². The maximum Gasteiger partial charge on any atom is 0.324 e. The second-order valence-electron chi connectivity index (χ2n) is 2.80. The van der Waals surface area contributed by atoms with E-state index in [2.05, 4.69) is 5.32 Å². The zero-order valence-electron chi connectivity index (χ0n) is 8.12. The summed E-state index contributed by atoms with van der Waals surface area (Å²) < 4.78 is 4.76. The molecule has 5 nitrogen and oxygen atoms in total. The molecule has 2 unspecified atom stereocenters. The van der Waals surface area contributed by atoms with E-state index in [1.54, 1.807) is 13.8 Å². The normalized spacial score (nSPS) is 15.1. The third-order valence-corrected chi connectivity index (χ3v) is 1.47. The van der Waals surface area contributed by atoms with Crippen LogP contribution in [0.2, 0.25) is 0 Å². The quantitative estimate of drug-likeness (QED) is 0.460. The monoisotopic (exact) mass is 190 g/mol. The highest BCUT2D eigenvalue weighted by Crippen LogP contribution is 1.88. The van der Waals surface area contributed by atoms with Crippen molar-refractivity contribution >= 4 is 5.97 Å². The number of rotatable bonds is 6. The molecule has 5 heteroatoms. The highest BCUT2D eigenvalue weighted by molar-refractivity contribution is 5.76. The van der Waals surface area contributed by atoms with Gasteiger partial charge >= 0.3 is 5.97 Å². The SMILES string of the molecule is CCOC(=O)C(CN)NCC(C)O. The highest BCUT2D eigenvalue weighted by atomic mass is 16.5. The fourth-order valence-corrected chi connectivity index (χ4v) is 0.819. The number of carbonyl (C=O) groups is 1. The molecule has 0 bridgehead atoms. The van der Waals surface area contributed by atoms with Crippen LogP contribution in [0.15, 0.2) is 0 Å². The van der Waals surface area contributed by atoms with Crippen molar-refractivity contribution in [1.29, 1.82) is 0 Å². The molecule has 0 saturated heterocycles. The van der Waals surface area contributed by atoms with Crippen molar-refractivity contribution in [2.24, 2.45) is 5.73 Å². The van der Waals surface area contributed by atoms with Gasteiger partial charge in [-0.1, -0.05) is 0 Å². The maximum absolute atomic E-state index is 11.1. The Kier molecular flexibility index (Phi) is 6.48. The van der Waals surface area contributed by atoms with Gasteiger partial charge in [0, 0.05) is 13.1 Å². The lowest BCUT2D eigenvalue weighted by atomic mass is 10.3. The van der Waals surface area contributed by atoms with Crippen molar-refractivity contribution in [3.63, 3.8) is 0 Å². The van der Waals surface area contributed by atoms with Gasteiger partial charge in [0.1, 0.15) is 6.04 Å². The first kappa shape index (κ1) is 12.3. The molecule has 0 aromatic rings. The fraction of sp³-hybridized carbons (Fsp3) is 0.875. The first-order valence-electron chi connectivity index (χ1n) is 4.40. The van der Waals surface area contributed by atoms with E-state index in [-0.39, 0.29) is 12.5 Å². The minimum absolute atomic E-state index is 0.172. The maximum atomic E-state index is 11.1. The van der Waals surface area contributed by atoms with Crippen molar-refractivity contribution in [2.75, 3.05) is 19.7 Å². The summed E-state index contributed by atoms with van der Waals surface area (Å²) in [6.45, 7) is 4.21. The van der Waals surface area contributed by atoms with E-state index in [1.165, 1.54) is 0 Å². The first-order chi connectivity index (χ1) is 6.11. The van der Waals surface area contributed by atoms with Crippen LogP contribution in [-0.2, 0) is 9.53 Å². The number of nitrogens with two attached hydrogens (primary N) is 1. The van der Waals surface area contributed by atoms with Crippen LogP contribution in [0.4, 0.5) is 0 Å². The topological polar surface area (TPSA) is 84.6 Å². The number of esters is 1. The van der Waals surface area contributed by atoms with Crippen molar-refractivity contribution in [3.05, 3.63) is 0 Å². The highest BCUT2D eigenvalue weighted by Gasteiger charge is 2.17. The Balaban J connectivity index is 3.80. The Morgan fingerprint density at radius 2 is 2.31 bits per heavy atom. The van der Waals surface area contributed by atoms with Gasteiger partial charge in [-0.05, 0) is 13.8 Å². The average molecular weight is 190 g/mol. The van der Waals surface area contributed by atoms with Crippen molar-refractivity contribution in [1.82, 2.24) is 5.32 Å². The summed E-state index contributed by atoms with van der Waals surface area (Å²) in [6, 6.07) is -0.519. The minimum atomic E-state index is -0.519. The van der Waals surface area contributed by atoms with E-state index in [9.17, 15) is 4.79 Å². The van der Waals surface area contributed by atoms with Gasteiger partial charge in [0.15, 0.2) is 0 Å². The number of carbonyl (C=O) groups excluding carboxylic acids is 1. The zero-order chi connectivity index (χ0) is 10.3. The summed E-state index contributed by atoms with van der Waals surface area (Å²) in [5.74, 6) is -0.370. The lowest BCUT2D eigenvalue weighted by molar-refractivity contribution is -0.145. The fourth-order valence-electron chi connectivity index (χ4n) is 0.819. The number of nitrogens with one attached hydrogen (secondary N) is 1. The second kappa shape index (κ2) is 6.82. The number of hydrogen-bond acceptors (Lipinski definition) is 5. The summed E-state index contributed by atoms with van der Waals surface area (Å²) in [6.07, 6.45) is -0.497. The molecular weight excluding hydrogens is 172 g/mol. The standard InChI is InChI=1S/C8H18N2O3/c1-3-13-8(12)7(4-9)10-5-6(2)11/h6-7,10-11H,3-5,9H2,1-2H3. The lowest BCUT2D eigenvalue weighted by Gasteiger charge is -2.15. The molecule has 0 aromatic carbocycles. The molecule has 78 valence electrons. The Morgan fingerprint density at radius 1 is 1.69 bits per heavy atom.